The summed E-state index contributed by atoms with van der Waals surface area (Å²) in [7, 11) is 2.25. The number of hydrogen-bond acceptors (Lipinski definition) is 2. The van der Waals surface area contributed by atoms with Gasteiger partial charge in [-0.2, -0.15) is 0 Å². The van der Waals surface area contributed by atoms with Gasteiger partial charge in [-0.3, -0.25) is 0 Å². The van der Waals surface area contributed by atoms with E-state index in [-0.39, 0.29) is 6.04 Å². The number of hydrogen-bond donors (Lipinski definition) is 1. The summed E-state index contributed by atoms with van der Waals surface area (Å²) in [5, 5.41) is 0. The van der Waals surface area contributed by atoms with E-state index in [1.165, 1.54) is 49.8 Å². The van der Waals surface area contributed by atoms with Crippen molar-refractivity contribution in [3.05, 3.63) is 28.2 Å². The lowest BCUT2D eigenvalue weighted by Gasteiger charge is -2.31. The first-order valence-electron chi connectivity index (χ1n) is 7.85. The topological polar surface area (TPSA) is 29.3 Å². The van der Waals surface area contributed by atoms with Crippen molar-refractivity contribution in [2.24, 2.45) is 5.73 Å². The minimum atomic E-state index is 0.200. The number of halogens is 1. The summed E-state index contributed by atoms with van der Waals surface area (Å²) in [5.74, 6) is 0. The van der Waals surface area contributed by atoms with Crippen molar-refractivity contribution in [1.29, 1.82) is 0 Å². The fourth-order valence-corrected chi connectivity index (χ4v) is 3.66. The molecule has 0 heterocycles. The molecule has 20 heavy (non-hydrogen) atoms. The van der Waals surface area contributed by atoms with Gasteiger partial charge in [-0.05, 0) is 49.9 Å². The van der Waals surface area contributed by atoms with Crippen molar-refractivity contribution in [1.82, 2.24) is 0 Å². The van der Waals surface area contributed by atoms with Crippen LogP contribution in [0.1, 0.15) is 51.0 Å². The zero-order chi connectivity index (χ0) is 14.5. The normalized spacial score (nSPS) is 18.6. The summed E-state index contributed by atoms with van der Waals surface area (Å²) in [6.07, 6.45) is 9.12. The lowest BCUT2D eigenvalue weighted by Crippen LogP contribution is -2.32. The Morgan fingerprint density at radius 3 is 2.50 bits per heavy atom. The van der Waals surface area contributed by atoms with Crippen LogP contribution in [0.2, 0.25) is 0 Å². The average molecular weight is 339 g/mol. The van der Waals surface area contributed by atoms with E-state index in [2.05, 4.69) is 53.0 Å². The number of benzene rings is 1. The Balaban J connectivity index is 2.20. The Hall–Kier alpha value is -0.540. The predicted molar refractivity (Wildman–Crippen MR) is 91.4 cm³/mol. The molecule has 112 valence electrons. The van der Waals surface area contributed by atoms with Crippen LogP contribution in [0.15, 0.2) is 22.7 Å². The molecule has 1 aliphatic rings. The van der Waals surface area contributed by atoms with Crippen molar-refractivity contribution in [3.8, 4) is 0 Å². The van der Waals surface area contributed by atoms with Crippen molar-refractivity contribution in [2.75, 3.05) is 11.9 Å². The Morgan fingerprint density at radius 2 is 1.90 bits per heavy atom. The molecule has 1 unspecified atom stereocenters. The highest BCUT2D eigenvalue weighted by atomic mass is 79.9. The van der Waals surface area contributed by atoms with Crippen LogP contribution in [0.5, 0.6) is 0 Å². The quantitative estimate of drug-likeness (QED) is 0.819. The molecule has 0 amide bonds. The van der Waals surface area contributed by atoms with Gasteiger partial charge in [-0.25, -0.2) is 0 Å². The van der Waals surface area contributed by atoms with Gasteiger partial charge in [0.1, 0.15) is 0 Å². The summed E-state index contributed by atoms with van der Waals surface area (Å²) in [6, 6.07) is 7.50. The van der Waals surface area contributed by atoms with Crippen LogP contribution >= 0.6 is 15.9 Å². The van der Waals surface area contributed by atoms with Gasteiger partial charge in [-0.1, -0.05) is 41.6 Å². The zero-order valence-electron chi connectivity index (χ0n) is 12.7. The minimum Gasteiger partial charge on any atom is -0.371 e. The smallest absolute Gasteiger partial charge is 0.0400 e. The van der Waals surface area contributed by atoms with Crippen LogP contribution in [-0.4, -0.2) is 19.1 Å². The lowest BCUT2D eigenvalue weighted by molar-refractivity contribution is 0.551. The summed E-state index contributed by atoms with van der Waals surface area (Å²) >= 11 is 3.58. The predicted octanol–water partition coefficient (Wildman–Crippen LogP) is 4.50. The van der Waals surface area contributed by atoms with Gasteiger partial charge in [-0.15, -0.1) is 0 Å². The van der Waals surface area contributed by atoms with Crippen molar-refractivity contribution in [3.63, 3.8) is 0 Å². The monoisotopic (exact) mass is 338 g/mol. The van der Waals surface area contributed by atoms with E-state index >= 15 is 0 Å². The van der Waals surface area contributed by atoms with Crippen molar-refractivity contribution in [2.45, 2.75) is 64.0 Å². The summed E-state index contributed by atoms with van der Waals surface area (Å²) < 4.78 is 1.14. The van der Waals surface area contributed by atoms with Gasteiger partial charge in [0.05, 0.1) is 0 Å². The van der Waals surface area contributed by atoms with E-state index in [0.717, 1.165) is 10.9 Å². The van der Waals surface area contributed by atoms with Gasteiger partial charge >= 0.3 is 0 Å². The van der Waals surface area contributed by atoms with Crippen LogP contribution in [0, 0.1) is 0 Å². The largest absolute Gasteiger partial charge is 0.371 e. The van der Waals surface area contributed by atoms with Crippen LogP contribution in [0.25, 0.3) is 0 Å². The van der Waals surface area contributed by atoms with Crippen molar-refractivity contribution >= 4 is 21.6 Å². The molecule has 1 fully saturated rings. The molecule has 0 spiro atoms. The molecule has 1 atom stereocenters. The SMILES string of the molecule is CC(N)Cc1cc(Br)ccc1N(C)C1CCCCCC1. The molecule has 0 saturated heterocycles. The standard InChI is InChI=1S/C17H27BrN2/c1-13(19)11-14-12-15(18)9-10-17(14)20(2)16-7-5-3-4-6-8-16/h9-10,12-13,16H,3-8,11,19H2,1-2H3. The molecule has 0 aromatic heterocycles. The Kier molecular flexibility index (Phi) is 5.91. The third kappa shape index (κ3) is 4.23. The average Bonchev–Trinajstić information content (AvgIpc) is 2.66. The Bertz CT molecular complexity index is 423. The van der Waals surface area contributed by atoms with E-state index in [0.29, 0.717) is 6.04 Å². The van der Waals surface area contributed by atoms with Gasteiger partial charge in [0.2, 0.25) is 0 Å². The second kappa shape index (κ2) is 7.46. The van der Waals surface area contributed by atoms with Crippen LogP contribution in [0.4, 0.5) is 5.69 Å². The van der Waals surface area contributed by atoms with E-state index in [1.54, 1.807) is 0 Å². The highest BCUT2D eigenvalue weighted by molar-refractivity contribution is 9.10. The maximum atomic E-state index is 6.01. The minimum absolute atomic E-state index is 0.200. The van der Waals surface area contributed by atoms with Gasteiger partial charge < -0.3 is 10.6 Å². The molecule has 1 aliphatic carbocycles. The molecular formula is C17H27BrN2. The highest BCUT2D eigenvalue weighted by Gasteiger charge is 2.19. The van der Waals surface area contributed by atoms with E-state index in [1.807, 2.05) is 0 Å². The molecule has 2 rings (SSSR count). The first-order chi connectivity index (χ1) is 9.58. The first-order valence-corrected chi connectivity index (χ1v) is 8.64. The Labute approximate surface area is 131 Å². The number of nitrogens with zero attached hydrogens (tertiary/aromatic N) is 1. The van der Waals surface area contributed by atoms with Crippen LogP contribution < -0.4 is 10.6 Å². The zero-order valence-corrected chi connectivity index (χ0v) is 14.3. The summed E-state index contributed by atoms with van der Waals surface area (Å²) in [6.45, 7) is 2.08. The fraction of sp³-hybridized carbons (Fsp3) is 0.647. The molecule has 0 bridgehead atoms. The molecule has 0 aliphatic heterocycles. The van der Waals surface area contributed by atoms with E-state index in [9.17, 15) is 0 Å². The Morgan fingerprint density at radius 1 is 1.25 bits per heavy atom. The maximum absolute atomic E-state index is 6.01. The van der Waals surface area contributed by atoms with Crippen LogP contribution in [-0.2, 0) is 6.42 Å². The maximum Gasteiger partial charge on any atom is 0.0400 e. The van der Waals surface area contributed by atoms with Crippen LogP contribution in [0.3, 0.4) is 0 Å². The number of anilines is 1. The van der Waals surface area contributed by atoms with E-state index in [4.69, 9.17) is 5.73 Å². The molecule has 1 aromatic rings. The lowest BCUT2D eigenvalue weighted by atomic mass is 10.0. The van der Waals surface area contributed by atoms with Crippen molar-refractivity contribution < 1.29 is 0 Å². The van der Waals surface area contributed by atoms with Gasteiger partial charge in [0, 0.05) is 29.3 Å². The highest BCUT2D eigenvalue weighted by Crippen LogP contribution is 2.30. The molecule has 2 N–H and O–H groups in total. The second-order valence-electron chi connectivity index (χ2n) is 6.21. The first kappa shape index (κ1) is 15.8. The summed E-state index contributed by atoms with van der Waals surface area (Å²) in [5.41, 5.74) is 8.73. The third-order valence-electron chi connectivity index (χ3n) is 4.34. The van der Waals surface area contributed by atoms with Gasteiger partial charge in [0.15, 0.2) is 0 Å². The number of nitrogens with two attached hydrogens (primary N) is 1. The van der Waals surface area contributed by atoms with E-state index < -0.39 is 0 Å². The molecular weight excluding hydrogens is 312 g/mol. The second-order valence-corrected chi connectivity index (χ2v) is 7.13. The molecule has 0 radical (unpaired) electrons. The van der Waals surface area contributed by atoms with Gasteiger partial charge in [0.25, 0.3) is 0 Å². The molecule has 2 nitrogen and oxygen atoms in total. The third-order valence-corrected chi connectivity index (χ3v) is 4.83. The number of rotatable bonds is 4. The molecule has 1 saturated carbocycles. The molecule has 3 heteroatoms. The fourth-order valence-electron chi connectivity index (χ4n) is 3.25. The molecule has 1 aromatic carbocycles. The summed E-state index contributed by atoms with van der Waals surface area (Å²) in [4.78, 5) is 2.50.